The molecule has 0 amide bonds. The largest absolute Gasteiger partial charge is 0.390 e. The first-order chi connectivity index (χ1) is 14.6. The Morgan fingerprint density at radius 2 is 1.90 bits per heavy atom. The van der Waals surface area contributed by atoms with E-state index in [4.69, 9.17) is 0 Å². The van der Waals surface area contributed by atoms with Gasteiger partial charge >= 0.3 is 0 Å². The van der Waals surface area contributed by atoms with Gasteiger partial charge in [-0.15, -0.1) is 0 Å². The molecule has 2 heteroatoms. The number of carbonyl (C=O) groups is 1. The van der Waals surface area contributed by atoms with Crippen LogP contribution in [0.25, 0.3) is 0 Å². The summed E-state index contributed by atoms with van der Waals surface area (Å²) in [4.78, 5) is 12.9. The van der Waals surface area contributed by atoms with Gasteiger partial charge in [0.15, 0.2) is 0 Å². The Morgan fingerprint density at radius 3 is 2.65 bits per heavy atom. The van der Waals surface area contributed by atoms with Crippen molar-refractivity contribution in [1.29, 1.82) is 0 Å². The van der Waals surface area contributed by atoms with Gasteiger partial charge in [0.1, 0.15) is 5.78 Å². The molecule has 0 aromatic heterocycles. The van der Waals surface area contributed by atoms with Crippen LogP contribution >= 0.6 is 0 Å². The van der Waals surface area contributed by atoms with Crippen molar-refractivity contribution in [2.24, 2.45) is 28.6 Å². The molecule has 2 nitrogen and oxygen atoms in total. The molecule has 1 aromatic rings. The summed E-state index contributed by atoms with van der Waals surface area (Å²) in [7, 11) is 0. The number of aliphatic hydroxyl groups is 1. The lowest BCUT2D eigenvalue weighted by molar-refractivity contribution is -0.134. The van der Waals surface area contributed by atoms with Gasteiger partial charge in [-0.05, 0) is 93.9 Å². The van der Waals surface area contributed by atoms with Gasteiger partial charge in [0.2, 0.25) is 0 Å². The maximum atomic E-state index is 12.9. The van der Waals surface area contributed by atoms with Crippen LogP contribution in [0.4, 0.5) is 0 Å². The fourth-order valence-electron chi connectivity index (χ4n) is 7.27. The highest BCUT2D eigenvalue weighted by Gasteiger charge is 2.51. The van der Waals surface area contributed by atoms with Gasteiger partial charge in [-0.3, -0.25) is 4.79 Å². The smallest absolute Gasteiger partial charge is 0.139 e. The molecular weight excluding hydrogens is 380 g/mol. The fourth-order valence-corrected chi connectivity index (χ4v) is 7.27. The zero-order valence-corrected chi connectivity index (χ0v) is 20.1. The number of allylic oxidation sites excluding steroid dienone is 2. The lowest BCUT2D eigenvalue weighted by Crippen LogP contribution is -2.39. The Hall–Kier alpha value is -1.41. The van der Waals surface area contributed by atoms with E-state index in [0.29, 0.717) is 30.0 Å². The fraction of sp³-hybridized carbons (Fsp3) is 0.690. The van der Waals surface area contributed by atoms with Crippen molar-refractivity contribution in [3.05, 3.63) is 47.5 Å². The third-order valence-electron chi connectivity index (χ3n) is 9.68. The predicted molar refractivity (Wildman–Crippen MR) is 128 cm³/mol. The van der Waals surface area contributed by atoms with Crippen LogP contribution in [0, 0.1) is 28.6 Å². The van der Waals surface area contributed by atoms with Gasteiger partial charge in [-0.25, -0.2) is 0 Å². The van der Waals surface area contributed by atoms with Crippen LogP contribution < -0.4 is 0 Å². The average Bonchev–Trinajstić information content (AvgIpc) is 2.88. The molecule has 2 saturated carbocycles. The second kappa shape index (κ2) is 8.50. The van der Waals surface area contributed by atoms with Crippen LogP contribution in [0.1, 0.15) is 91.0 Å². The molecule has 31 heavy (non-hydrogen) atoms. The second-order valence-electron chi connectivity index (χ2n) is 11.8. The lowest BCUT2D eigenvalue weighted by atomic mass is 9.58. The maximum Gasteiger partial charge on any atom is 0.139 e. The van der Waals surface area contributed by atoms with Crippen molar-refractivity contribution in [2.75, 3.05) is 0 Å². The van der Waals surface area contributed by atoms with E-state index in [9.17, 15) is 9.90 Å². The van der Waals surface area contributed by atoms with Crippen molar-refractivity contribution in [1.82, 2.24) is 0 Å². The van der Waals surface area contributed by atoms with Crippen molar-refractivity contribution in [2.45, 2.75) is 97.5 Å². The number of rotatable bonds is 5. The first kappa shape index (κ1) is 22.8. The number of hydrogen-bond acceptors (Lipinski definition) is 2. The highest BCUT2D eigenvalue weighted by atomic mass is 16.3. The summed E-state index contributed by atoms with van der Waals surface area (Å²) in [6, 6.07) is 10.4. The Bertz CT molecular complexity index is 822. The van der Waals surface area contributed by atoms with Gasteiger partial charge in [-0.2, -0.15) is 0 Å². The van der Waals surface area contributed by atoms with Crippen LogP contribution in [-0.4, -0.2) is 16.5 Å². The Balaban J connectivity index is 1.52. The van der Waals surface area contributed by atoms with E-state index in [0.717, 1.165) is 38.5 Å². The average molecular weight is 423 g/mol. The van der Waals surface area contributed by atoms with Crippen LogP contribution in [-0.2, 0) is 11.2 Å². The summed E-state index contributed by atoms with van der Waals surface area (Å²) in [6.45, 7) is 9.04. The molecule has 6 atom stereocenters. The number of ketones is 1. The summed E-state index contributed by atoms with van der Waals surface area (Å²) in [5, 5.41) is 11.2. The minimum absolute atomic E-state index is 0.0940. The SMILES string of the molecule is CC1=CCC2CC3CCCC(=O)C3(C)CCC2C1(C)CCC(C)(O)Cc1ccccc1. The zero-order chi connectivity index (χ0) is 22.3. The molecule has 0 heterocycles. The van der Waals surface area contributed by atoms with Gasteiger partial charge in [-0.1, -0.05) is 55.8 Å². The summed E-state index contributed by atoms with van der Waals surface area (Å²) in [6.07, 6.45) is 12.7. The number of benzene rings is 1. The number of fused-ring (bicyclic) bond motifs is 2. The third-order valence-corrected chi connectivity index (χ3v) is 9.68. The molecular formula is C29H42O2. The molecule has 2 fully saturated rings. The van der Waals surface area contributed by atoms with E-state index in [1.807, 2.05) is 13.0 Å². The molecule has 1 aromatic carbocycles. The van der Waals surface area contributed by atoms with Crippen molar-refractivity contribution in [3.8, 4) is 0 Å². The van der Waals surface area contributed by atoms with E-state index in [-0.39, 0.29) is 10.8 Å². The monoisotopic (exact) mass is 422 g/mol. The first-order valence-corrected chi connectivity index (χ1v) is 12.6. The van der Waals surface area contributed by atoms with Gasteiger partial charge in [0, 0.05) is 18.3 Å². The summed E-state index contributed by atoms with van der Waals surface area (Å²) < 4.78 is 0. The normalized spacial score (nSPS) is 37.8. The van der Waals surface area contributed by atoms with Gasteiger partial charge in [0.05, 0.1) is 5.60 Å². The molecule has 4 rings (SSSR count). The van der Waals surface area contributed by atoms with Crippen LogP contribution in [0.2, 0.25) is 0 Å². The number of Topliss-reactive ketones (excluding diaryl/α,β-unsaturated/α-hetero) is 1. The Morgan fingerprint density at radius 1 is 1.16 bits per heavy atom. The second-order valence-corrected chi connectivity index (χ2v) is 11.8. The molecule has 0 radical (unpaired) electrons. The number of carbonyl (C=O) groups excluding carboxylic acids is 1. The predicted octanol–water partition coefficient (Wildman–Crippen LogP) is 6.91. The lowest BCUT2D eigenvalue weighted by Gasteiger charge is -2.47. The van der Waals surface area contributed by atoms with E-state index in [1.165, 1.54) is 30.4 Å². The molecule has 0 saturated heterocycles. The molecule has 0 aliphatic heterocycles. The molecule has 1 N–H and O–H groups in total. The summed E-state index contributed by atoms with van der Waals surface area (Å²) >= 11 is 0. The highest BCUT2D eigenvalue weighted by molar-refractivity contribution is 5.85. The minimum Gasteiger partial charge on any atom is -0.390 e. The summed E-state index contributed by atoms with van der Waals surface area (Å²) in [5.74, 6) is 2.41. The molecule has 3 aliphatic rings. The number of hydrogen-bond donors (Lipinski definition) is 1. The molecule has 6 unspecified atom stereocenters. The van der Waals surface area contributed by atoms with Crippen LogP contribution in [0.3, 0.4) is 0 Å². The van der Waals surface area contributed by atoms with Crippen LogP contribution in [0.5, 0.6) is 0 Å². The minimum atomic E-state index is -0.696. The van der Waals surface area contributed by atoms with Gasteiger partial charge < -0.3 is 5.11 Å². The van der Waals surface area contributed by atoms with E-state index in [2.05, 4.69) is 51.1 Å². The van der Waals surface area contributed by atoms with Crippen LogP contribution in [0.15, 0.2) is 42.0 Å². The Labute approximate surface area is 189 Å². The van der Waals surface area contributed by atoms with Gasteiger partial charge in [0.25, 0.3) is 0 Å². The first-order valence-electron chi connectivity index (χ1n) is 12.6. The molecule has 170 valence electrons. The highest BCUT2D eigenvalue weighted by Crippen LogP contribution is 2.58. The topological polar surface area (TPSA) is 37.3 Å². The third kappa shape index (κ3) is 4.42. The zero-order valence-electron chi connectivity index (χ0n) is 20.1. The Kier molecular flexibility index (Phi) is 6.25. The maximum absolute atomic E-state index is 12.9. The molecule has 3 aliphatic carbocycles. The van der Waals surface area contributed by atoms with E-state index in [1.54, 1.807) is 0 Å². The van der Waals surface area contributed by atoms with E-state index >= 15 is 0 Å². The van der Waals surface area contributed by atoms with E-state index < -0.39 is 5.60 Å². The van der Waals surface area contributed by atoms with Crippen molar-refractivity contribution < 1.29 is 9.90 Å². The molecule has 0 bridgehead atoms. The van der Waals surface area contributed by atoms with Crippen molar-refractivity contribution >= 4 is 5.78 Å². The summed E-state index contributed by atoms with van der Waals surface area (Å²) in [5.41, 5.74) is 2.04. The standard InChI is InChI=1S/C29H42O2/c1-21-13-14-23-19-24-11-8-12-26(30)29(24,4)16-15-25(23)28(21,3)18-17-27(2,31)20-22-9-6-5-7-10-22/h5-7,9-10,13,23-25,31H,8,11-12,14-20H2,1-4H3. The van der Waals surface area contributed by atoms with Crippen molar-refractivity contribution in [3.63, 3.8) is 0 Å². The molecule has 0 spiro atoms. The quantitative estimate of drug-likeness (QED) is 0.524.